The third-order valence-corrected chi connectivity index (χ3v) is 3.86. The molecule has 0 radical (unpaired) electrons. The number of furan rings is 1. The lowest BCUT2D eigenvalue weighted by Gasteiger charge is -2.30. The number of amides is 1. The molecule has 20 heavy (non-hydrogen) atoms. The molecule has 0 spiro atoms. The highest BCUT2D eigenvalue weighted by molar-refractivity contribution is 5.91. The standard InChI is InChI=1S/C16H23NO3/c1-5-12(18)14(16(2,3)4)17-15(19)11-9-10(11)13-7-6-8-20-13/h6-8,10-11,14H,5,9H2,1-4H3,(H,17,19)/t10?,11-,14-/m1/s1. The second-order valence-electron chi connectivity index (χ2n) is 6.59. The van der Waals surface area contributed by atoms with Crippen LogP contribution in [-0.2, 0) is 9.59 Å². The second kappa shape index (κ2) is 5.43. The first kappa shape index (κ1) is 14.8. The van der Waals surface area contributed by atoms with Gasteiger partial charge < -0.3 is 9.73 Å². The van der Waals surface area contributed by atoms with Crippen LogP contribution in [0.5, 0.6) is 0 Å². The predicted octanol–water partition coefficient (Wildman–Crippen LogP) is 2.89. The molecule has 0 aliphatic heterocycles. The summed E-state index contributed by atoms with van der Waals surface area (Å²) in [4.78, 5) is 24.3. The van der Waals surface area contributed by atoms with Gasteiger partial charge in [-0.25, -0.2) is 0 Å². The molecule has 0 aromatic carbocycles. The smallest absolute Gasteiger partial charge is 0.224 e. The van der Waals surface area contributed by atoms with Crippen molar-refractivity contribution in [3.05, 3.63) is 24.2 Å². The Labute approximate surface area is 119 Å². The topological polar surface area (TPSA) is 59.3 Å². The zero-order chi connectivity index (χ0) is 14.9. The van der Waals surface area contributed by atoms with E-state index in [4.69, 9.17) is 4.42 Å². The fraction of sp³-hybridized carbons (Fsp3) is 0.625. The average Bonchev–Trinajstić information content (AvgIpc) is 3.00. The molecule has 1 aromatic rings. The molecule has 110 valence electrons. The third-order valence-electron chi connectivity index (χ3n) is 3.86. The maximum Gasteiger partial charge on any atom is 0.224 e. The summed E-state index contributed by atoms with van der Waals surface area (Å²) in [6, 6.07) is 3.32. The van der Waals surface area contributed by atoms with Gasteiger partial charge in [-0.05, 0) is 24.0 Å². The van der Waals surface area contributed by atoms with Gasteiger partial charge in [-0.15, -0.1) is 0 Å². The van der Waals surface area contributed by atoms with E-state index in [1.807, 2.05) is 39.8 Å². The summed E-state index contributed by atoms with van der Waals surface area (Å²) in [6.07, 6.45) is 2.87. The predicted molar refractivity (Wildman–Crippen MR) is 76.2 cm³/mol. The van der Waals surface area contributed by atoms with Crippen LogP contribution in [0.15, 0.2) is 22.8 Å². The van der Waals surface area contributed by atoms with Crippen LogP contribution in [0.1, 0.15) is 52.2 Å². The van der Waals surface area contributed by atoms with Crippen molar-refractivity contribution in [3.63, 3.8) is 0 Å². The van der Waals surface area contributed by atoms with Crippen LogP contribution in [0.25, 0.3) is 0 Å². The Hall–Kier alpha value is -1.58. The summed E-state index contributed by atoms with van der Waals surface area (Å²) in [6.45, 7) is 7.75. The van der Waals surface area contributed by atoms with Crippen molar-refractivity contribution < 1.29 is 14.0 Å². The fourth-order valence-electron chi connectivity index (χ4n) is 2.53. The van der Waals surface area contributed by atoms with Crippen LogP contribution < -0.4 is 5.32 Å². The maximum absolute atomic E-state index is 12.3. The van der Waals surface area contributed by atoms with E-state index in [1.54, 1.807) is 6.26 Å². The Bertz CT molecular complexity index is 484. The number of carbonyl (C=O) groups is 2. The lowest BCUT2D eigenvalue weighted by molar-refractivity contribution is -0.130. The fourth-order valence-corrected chi connectivity index (χ4v) is 2.53. The number of carbonyl (C=O) groups excluding carboxylic acids is 2. The summed E-state index contributed by atoms with van der Waals surface area (Å²) in [5, 5.41) is 2.93. The summed E-state index contributed by atoms with van der Waals surface area (Å²) >= 11 is 0. The van der Waals surface area contributed by atoms with Crippen molar-refractivity contribution in [3.8, 4) is 0 Å². The van der Waals surface area contributed by atoms with E-state index in [0.717, 1.165) is 12.2 Å². The highest BCUT2D eigenvalue weighted by Crippen LogP contribution is 2.47. The molecular formula is C16H23NO3. The van der Waals surface area contributed by atoms with Crippen LogP contribution in [0.4, 0.5) is 0 Å². The second-order valence-corrected chi connectivity index (χ2v) is 6.59. The molecule has 1 aliphatic carbocycles. The van der Waals surface area contributed by atoms with E-state index >= 15 is 0 Å². The molecule has 1 fully saturated rings. The molecule has 1 N–H and O–H groups in total. The van der Waals surface area contributed by atoms with Crippen molar-refractivity contribution >= 4 is 11.7 Å². The molecule has 4 nitrogen and oxygen atoms in total. The van der Waals surface area contributed by atoms with Gasteiger partial charge in [0.05, 0.1) is 12.3 Å². The summed E-state index contributed by atoms with van der Waals surface area (Å²) in [5.41, 5.74) is -0.266. The van der Waals surface area contributed by atoms with Gasteiger partial charge in [0.15, 0.2) is 5.78 Å². The maximum atomic E-state index is 12.3. The van der Waals surface area contributed by atoms with Crippen LogP contribution in [0.2, 0.25) is 0 Å². The third kappa shape index (κ3) is 3.11. The van der Waals surface area contributed by atoms with Gasteiger partial charge in [0.2, 0.25) is 5.91 Å². The molecule has 4 heteroatoms. The van der Waals surface area contributed by atoms with Gasteiger partial charge in [-0.3, -0.25) is 9.59 Å². The van der Waals surface area contributed by atoms with E-state index in [2.05, 4.69) is 5.32 Å². The lowest BCUT2D eigenvalue weighted by atomic mass is 9.83. The van der Waals surface area contributed by atoms with Crippen LogP contribution in [0.3, 0.4) is 0 Å². The minimum absolute atomic E-state index is 0.0341. The Morgan fingerprint density at radius 2 is 2.15 bits per heavy atom. The summed E-state index contributed by atoms with van der Waals surface area (Å²) in [5.74, 6) is 1.02. The van der Waals surface area contributed by atoms with E-state index in [9.17, 15) is 9.59 Å². The Morgan fingerprint density at radius 1 is 1.45 bits per heavy atom. The number of Topliss-reactive ketones (excluding diaryl/α,β-unsaturated/α-hetero) is 1. The molecule has 1 amide bonds. The number of nitrogens with one attached hydrogen (secondary N) is 1. The first-order valence-electron chi connectivity index (χ1n) is 7.21. The van der Waals surface area contributed by atoms with Gasteiger partial charge >= 0.3 is 0 Å². The molecule has 1 aromatic heterocycles. The van der Waals surface area contributed by atoms with E-state index < -0.39 is 6.04 Å². The van der Waals surface area contributed by atoms with Crippen LogP contribution in [0, 0.1) is 11.3 Å². The quantitative estimate of drug-likeness (QED) is 0.900. The average molecular weight is 277 g/mol. The number of hydrogen-bond acceptors (Lipinski definition) is 3. The van der Waals surface area contributed by atoms with Crippen LogP contribution >= 0.6 is 0 Å². The Kier molecular flexibility index (Phi) is 4.02. The van der Waals surface area contributed by atoms with Crippen molar-refractivity contribution in [1.29, 1.82) is 0 Å². The largest absolute Gasteiger partial charge is 0.469 e. The van der Waals surface area contributed by atoms with Crippen LogP contribution in [-0.4, -0.2) is 17.7 Å². The van der Waals surface area contributed by atoms with E-state index in [1.165, 1.54) is 0 Å². The molecule has 1 aliphatic rings. The molecule has 3 atom stereocenters. The lowest BCUT2D eigenvalue weighted by Crippen LogP contribution is -2.49. The Balaban J connectivity index is 1.98. The van der Waals surface area contributed by atoms with E-state index in [0.29, 0.717) is 6.42 Å². The highest BCUT2D eigenvalue weighted by atomic mass is 16.3. The normalized spacial score (nSPS) is 23.2. The van der Waals surface area contributed by atoms with Gasteiger partial charge in [-0.1, -0.05) is 27.7 Å². The van der Waals surface area contributed by atoms with Crippen molar-refractivity contribution in [2.45, 2.75) is 52.5 Å². The molecule has 1 saturated carbocycles. The first-order valence-corrected chi connectivity index (χ1v) is 7.21. The highest BCUT2D eigenvalue weighted by Gasteiger charge is 2.47. The van der Waals surface area contributed by atoms with Crippen molar-refractivity contribution in [2.75, 3.05) is 0 Å². The molecular weight excluding hydrogens is 254 g/mol. The number of rotatable bonds is 5. The van der Waals surface area contributed by atoms with Crippen molar-refractivity contribution in [2.24, 2.45) is 11.3 Å². The zero-order valence-electron chi connectivity index (χ0n) is 12.6. The SMILES string of the molecule is CCC(=O)[C@@H](NC(=O)[C@@H]1CC1c1ccco1)C(C)(C)C. The molecule has 2 rings (SSSR count). The molecule has 0 saturated heterocycles. The van der Waals surface area contributed by atoms with Gasteiger partial charge in [0.25, 0.3) is 0 Å². The number of hydrogen-bond donors (Lipinski definition) is 1. The van der Waals surface area contributed by atoms with Gasteiger partial charge in [-0.2, -0.15) is 0 Å². The Morgan fingerprint density at radius 3 is 2.65 bits per heavy atom. The summed E-state index contributed by atoms with van der Waals surface area (Å²) in [7, 11) is 0. The monoisotopic (exact) mass is 277 g/mol. The minimum atomic E-state index is -0.419. The zero-order valence-corrected chi connectivity index (χ0v) is 12.6. The molecule has 1 unspecified atom stereocenters. The molecule has 1 heterocycles. The summed E-state index contributed by atoms with van der Waals surface area (Å²) < 4.78 is 5.33. The van der Waals surface area contributed by atoms with Gasteiger partial charge in [0, 0.05) is 18.3 Å². The first-order chi connectivity index (χ1) is 9.34. The van der Waals surface area contributed by atoms with Gasteiger partial charge in [0.1, 0.15) is 5.76 Å². The minimum Gasteiger partial charge on any atom is -0.469 e. The number of ketones is 1. The van der Waals surface area contributed by atoms with E-state index in [-0.39, 0.29) is 28.9 Å². The van der Waals surface area contributed by atoms with Crippen molar-refractivity contribution in [1.82, 2.24) is 5.32 Å². The molecule has 0 bridgehead atoms.